The first-order valence-electron chi connectivity index (χ1n) is 11.2. The molecular weight excluding hydrogens is 471 g/mol. The molecule has 1 unspecified atom stereocenters. The minimum Gasteiger partial charge on any atom is -0.368 e. The van der Waals surface area contributed by atoms with Crippen LogP contribution in [-0.4, -0.2) is 64.5 Å². The van der Waals surface area contributed by atoms with Gasteiger partial charge in [0.05, 0.1) is 16.5 Å². The summed E-state index contributed by atoms with van der Waals surface area (Å²) < 4.78 is 28.4. The molecule has 0 bridgehead atoms. The first-order valence-corrected chi connectivity index (χ1v) is 13.3. The summed E-state index contributed by atoms with van der Waals surface area (Å²) in [7, 11) is 2.92. The maximum Gasteiger partial charge on any atom is 0.227 e. The van der Waals surface area contributed by atoms with Crippen LogP contribution >= 0.6 is 11.9 Å². The quantitative estimate of drug-likeness (QED) is 0.513. The largest absolute Gasteiger partial charge is 0.368 e. The lowest BCUT2D eigenvalue weighted by molar-refractivity contribution is 0.628. The molecule has 3 heterocycles. The SMILES string of the molecule is CN(C)Sc1ccc(N2CCN(c3nc4c(c(Nc5cccc(F)c5)n3)S(=O)CC4)CC2)cc1. The van der Waals surface area contributed by atoms with Gasteiger partial charge in [0, 0.05) is 54.6 Å². The van der Waals surface area contributed by atoms with Crippen LogP contribution in [0.1, 0.15) is 5.69 Å². The molecule has 1 atom stereocenters. The third-order valence-electron chi connectivity index (χ3n) is 5.82. The molecule has 0 amide bonds. The number of nitrogens with one attached hydrogen (secondary N) is 1. The van der Waals surface area contributed by atoms with Crippen molar-refractivity contribution in [1.29, 1.82) is 0 Å². The van der Waals surface area contributed by atoms with Crippen LogP contribution in [0.25, 0.3) is 0 Å². The second-order valence-corrected chi connectivity index (χ2v) is 11.3. The molecule has 10 heteroatoms. The van der Waals surface area contributed by atoms with Crippen molar-refractivity contribution >= 4 is 45.9 Å². The number of rotatable bonds is 6. The summed E-state index contributed by atoms with van der Waals surface area (Å²) in [5.41, 5.74) is 2.61. The van der Waals surface area contributed by atoms with Crippen molar-refractivity contribution in [3.05, 3.63) is 60.0 Å². The zero-order valence-corrected chi connectivity index (χ0v) is 20.8. The van der Waals surface area contributed by atoms with E-state index in [1.54, 1.807) is 24.1 Å². The fraction of sp³-hybridized carbons (Fsp3) is 0.333. The number of hydrogen-bond donors (Lipinski definition) is 1. The molecule has 1 fully saturated rings. The molecule has 0 aliphatic carbocycles. The van der Waals surface area contributed by atoms with Crippen molar-refractivity contribution in [1.82, 2.24) is 14.3 Å². The van der Waals surface area contributed by atoms with E-state index >= 15 is 0 Å². The molecule has 2 aliphatic rings. The summed E-state index contributed by atoms with van der Waals surface area (Å²) in [5.74, 6) is 1.36. The number of hydrogen-bond acceptors (Lipinski definition) is 8. The van der Waals surface area contributed by atoms with Gasteiger partial charge in [-0.3, -0.25) is 8.51 Å². The minimum absolute atomic E-state index is 0.332. The lowest BCUT2D eigenvalue weighted by atomic mass is 10.2. The summed E-state index contributed by atoms with van der Waals surface area (Å²) >= 11 is 1.71. The fourth-order valence-corrected chi connectivity index (χ4v) is 6.19. The van der Waals surface area contributed by atoms with Crippen molar-refractivity contribution in [2.24, 2.45) is 0 Å². The highest BCUT2D eigenvalue weighted by Crippen LogP contribution is 2.32. The van der Waals surface area contributed by atoms with Crippen molar-refractivity contribution in [3.8, 4) is 0 Å². The van der Waals surface area contributed by atoms with Gasteiger partial charge < -0.3 is 15.1 Å². The van der Waals surface area contributed by atoms with E-state index in [0.29, 0.717) is 34.5 Å². The van der Waals surface area contributed by atoms with Crippen molar-refractivity contribution in [2.75, 3.05) is 61.1 Å². The molecular formula is C24H27FN6OS2. The zero-order chi connectivity index (χ0) is 23.7. The number of anilines is 4. The van der Waals surface area contributed by atoms with E-state index in [9.17, 15) is 8.60 Å². The average molecular weight is 499 g/mol. The molecule has 34 heavy (non-hydrogen) atoms. The van der Waals surface area contributed by atoms with Gasteiger partial charge in [0.1, 0.15) is 10.7 Å². The number of aryl methyl sites for hydroxylation is 1. The normalized spacial score (nSPS) is 17.8. The summed E-state index contributed by atoms with van der Waals surface area (Å²) in [5, 5.41) is 3.18. The molecule has 0 radical (unpaired) electrons. The third kappa shape index (κ3) is 5.03. The lowest BCUT2D eigenvalue weighted by Gasteiger charge is -2.36. The van der Waals surface area contributed by atoms with Crippen LogP contribution in [-0.2, 0) is 17.2 Å². The predicted octanol–water partition coefficient (Wildman–Crippen LogP) is 3.92. The Kier molecular flexibility index (Phi) is 6.71. The van der Waals surface area contributed by atoms with Crippen molar-refractivity contribution in [3.63, 3.8) is 0 Å². The highest BCUT2D eigenvalue weighted by atomic mass is 32.2. The van der Waals surface area contributed by atoms with Gasteiger partial charge in [-0.05, 0) is 68.5 Å². The highest BCUT2D eigenvalue weighted by molar-refractivity contribution is 7.97. The van der Waals surface area contributed by atoms with Gasteiger partial charge >= 0.3 is 0 Å². The molecule has 2 aliphatic heterocycles. The number of halogens is 1. The monoisotopic (exact) mass is 498 g/mol. The third-order valence-corrected chi connectivity index (χ3v) is 8.12. The molecule has 5 rings (SSSR count). The standard InChI is InChI=1S/C24H27FN6OS2/c1-29(2)33-20-8-6-19(7-9-20)30-11-13-31(14-12-30)24-27-21-10-15-34(32)22(21)23(28-24)26-18-5-3-4-17(25)16-18/h3-9,16H,10-15H2,1-2H3,(H,26,27,28). The Morgan fingerprint density at radius 1 is 1.03 bits per heavy atom. The molecule has 0 spiro atoms. The van der Waals surface area contributed by atoms with Gasteiger partial charge in [-0.15, -0.1) is 0 Å². The Hall–Kier alpha value is -2.69. The van der Waals surface area contributed by atoms with Crippen LogP contribution < -0.4 is 15.1 Å². The topological polar surface area (TPSA) is 64.6 Å². The second kappa shape index (κ2) is 9.89. The first-order chi connectivity index (χ1) is 16.5. The van der Waals surface area contributed by atoms with Crippen LogP contribution in [0.3, 0.4) is 0 Å². The molecule has 178 valence electrons. The van der Waals surface area contributed by atoms with Crippen LogP contribution in [0.15, 0.2) is 58.3 Å². The van der Waals surface area contributed by atoms with Gasteiger partial charge in [0.25, 0.3) is 0 Å². The molecule has 3 aromatic rings. The molecule has 0 saturated carbocycles. The fourth-order valence-electron chi connectivity index (χ4n) is 4.21. The van der Waals surface area contributed by atoms with Gasteiger partial charge in [-0.2, -0.15) is 4.98 Å². The van der Waals surface area contributed by atoms with E-state index in [0.717, 1.165) is 31.9 Å². The summed E-state index contributed by atoms with van der Waals surface area (Å²) in [4.78, 5) is 15.9. The maximum absolute atomic E-state index is 13.7. The number of nitrogens with zero attached hydrogens (tertiary/aromatic N) is 5. The number of aromatic nitrogens is 2. The zero-order valence-electron chi connectivity index (χ0n) is 19.2. The first kappa shape index (κ1) is 23.1. The maximum atomic E-state index is 13.7. The van der Waals surface area contributed by atoms with E-state index in [1.165, 1.54) is 22.7 Å². The second-order valence-electron chi connectivity index (χ2n) is 8.45. The molecule has 1 N–H and O–H groups in total. The molecule has 2 aromatic carbocycles. The Bertz CT molecular complexity index is 1200. The van der Waals surface area contributed by atoms with Gasteiger partial charge in [0.15, 0.2) is 5.82 Å². The smallest absolute Gasteiger partial charge is 0.227 e. The summed E-state index contributed by atoms with van der Waals surface area (Å²) in [6, 6.07) is 14.9. The highest BCUT2D eigenvalue weighted by Gasteiger charge is 2.28. The van der Waals surface area contributed by atoms with Crippen molar-refractivity contribution < 1.29 is 8.60 Å². The minimum atomic E-state index is -1.15. The predicted molar refractivity (Wildman–Crippen MR) is 137 cm³/mol. The van der Waals surface area contributed by atoms with E-state index < -0.39 is 10.8 Å². The van der Waals surface area contributed by atoms with Crippen LogP contribution in [0, 0.1) is 5.82 Å². The molecule has 1 saturated heterocycles. The number of benzene rings is 2. The van der Waals surface area contributed by atoms with Crippen LogP contribution in [0.5, 0.6) is 0 Å². The summed E-state index contributed by atoms with van der Waals surface area (Å²) in [6.45, 7) is 3.30. The van der Waals surface area contributed by atoms with Gasteiger partial charge in [0.2, 0.25) is 5.95 Å². The van der Waals surface area contributed by atoms with Gasteiger partial charge in [-0.1, -0.05) is 6.07 Å². The van der Waals surface area contributed by atoms with Crippen LogP contribution in [0.2, 0.25) is 0 Å². The summed E-state index contributed by atoms with van der Waals surface area (Å²) in [6.07, 6.45) is 0.659. The average Bonchev–Trinajstić information content (AvgIpc) is 3.20. The Morgan fingerprint density at radius 3 is 2.47 bits per heavy atom. The Balaban J connectivity index is 1.32. The van der Waals surface area contributed by atoms with E-state index in [2.05, 4.69) is 43.7 Å². The lowest BCUT2D eigenvalue weighted by Crippen LogP contribution is -2.47. The Morgan fingerprint density at radius 2 is 1.76 bits per heavy atom. The molecule has 1 aromatic heterocycles. The van der Waals surface area contributed by atoms with E-state index in [-0.39, 0.29) is 5.82 Å². The number of piperazine rings is 1. The number of fused-ring (bicyclic) bond motifs is 1. The van der Waals surface area contributed by atoms with E-state index in [1.807, 2.05) is 14.1 Å². The van der Waals surface area contributed by atoms with Gasteiger partial charge in [-0.25, -0.2) is 9.37 Å². The Labute approximate surface area is 206 Å². The van der Waals surface area contributed by atoms with Crippen molar-refractivity contribution in [2.45, 2.75) is 16.2 Å². The van der Waals surface area contributed by atoms with Crippen LogP contribution in [0.4, 0.5) is 27.5 Å². The van der Waals surface area contributed by atoms with E-state index in [4.69, 9.17) is 9.97 Å². The molecule has 7 nitrogen and oxygen atoms in total.